The first-order valence-corrected chi connectivity index (χ1v) is 10.4. The van der Waals surface area contributed by atoms with E-state index in [0.717, 1.165) is 11.1 Å². The van der Waals surface area contributed by atoms with Crippen LogP contribution in [0.5, 0.6) is 11.5 Å². The van der Waals surface area contributed by atoms with Gasteiger partial charge in [0.2, 0.25) is 0 Å². The second kappa shape index (κ2) is 8.97. The summed E-state index contributed by atoms with van der Waals surface area (Å²) in [6, 6.07) is 9.15. The van der Waals surface area contributed by atoms with Gasteiger partial charge >= 0.3 is 0 Å². The first-order valence-electron chi connectivity index (χ1n) is 9.25. The van der Waals surface area contributed by atoms with E-state index < -0.39 is 11.8 Å². The third-order valence-electron chi connectivity index (χ3n) is 4.45. The third kappa shape index (κ3) is 4.39. The molecule has 2 aromatic rings. The molecule has 0 atom stereocenters. The zero-order valence-electron chi connectivity index (χ0n) is 17.0. The molecule has 1 N–H and O–H groups in total. The molecule has 0 radical (unpaired) electrons. The number of carbonyl (C=O) groups excluding carboxylic acids is 2. The van der Waals surface area contributed by atoms with Gasteiger partial charge in [0.05, 0.1) is 19.4 Å². The molecule has 0 aromatic heterocycles. The highest BCUT2D eigenvalue weighted by atomic mass is 79.9. The Labute approximate surface area is 189 Å². The molecule has 2 aromatic carbocycles. The van der Waals surface area contributed by atoms with Gasteiger partial charge in [0.1, 0.15) is 5.57 Å². The van der Waals surface area contributed by atoms with E-state index >= 15 is 0 Å². The molecule has 8 heteroatoms. The van der Waals surface area contributed by atoms with Gasteiger partial charge in [-0.15, -0.1) is 0 Å². The average molecular weight is 489 g/mol. The van der Waals surface area contributed by atoms with Crippen molar-refractivity contribution in [3.8, 4) is 11.5 Å². The van der Waals surface area contributed by atoms with Crippen molar-refractivity contribution >= 4 is 56.8 Å². The fourth-order valence-electron chi connectivity index (χ4n) is 3.22. The van der Waals surface area contributed by atoms with Crippen LogP contribution in [0.15, 0.2) is 40.4 Å². The number of methoxy groups -OCH3 is 1. The number of aryl methyl sites for hydroxylation is 2. The normalized spacial score (nSPS) is 15.4. The number of anilines is 1. The average Bonchev–Trinajstić information content (AvgIpc) is 2.66. The predicted molar refractivity (Wildman–Crippen MR) is 124 cm³/mol. The van der Waals surface area contributed by atoms with Crippen molar-refractivity contribution < 1.29 is 19.1 Å². The molecular weight excluding hydrogens is 468 g/mol. The number of halogens is 1. The number of amides is 2. The maximum absolute atomic E-state index is 13.2. The molecule has 1 heterocycles. The standard InChI is InChI=1S/C22H21BrN2O4S/c1-5-29-19-11-17(23)14(10-18(19)28-4)9-16-20(26)24-22(30)25(21(16)27)15-7-12(2)6-13(3)8-15/h6-11H,5H2,1-4H3,(H,24,26,30)/b16-9-. The van der Waals surface area contributed by atoms with Gasteiger partial charge in [-0.25, -0.2) is 0 Å². The van der Waals surface area contributed by atoms with E-state index in [1.807, 2.05) is 39.0 Å². The van der Waals surface area contributed by atoms with Crippen LogP contribution in [-0.4, -0.2) is 30.6 Å². The fraction of sp³-hybridized carbons (Fsp3) is 0.227. The summed E-state index contributed by atoms with van der Waals surface area (Å²) in [4.78, 5) is 27.2. The van der Waals surface area contributed by atoms with Crippen molar-refractivity contribution in [1.82, 2.24) is 5.32 Å². The van der Waals surface area contributed by atoms with Gasteiger partial charge in [0.25, 0.3) is 11.8 Å². The Balaban J connectivity index is 2.07. The smallest absolute Gasteiger partial charge is 0.270 e. The summed E-state index contributed by atoms with van der Waals surface area (Å²) in [6.45, 7) is 6.23. The van der Waals surface area contributed by atoms with Crippen molar-refractivity contribution in [3.63, 3.8) is 0 Å². The number of carbonyl (C=O) groups is 2. The number of nitrogens with one attached hydrogen (secondary N) is 1. The predicted octanol–water partition coefficient (Wildman–Crippen LogP) is 4.30. The zero-order valence-corrected chi connectivity index (χ0v) is 19.4. The van der Waals surface area contributed by atoms with E-state index in [4.69, 9.17) is 21.7 Å². The van der Waals surface area contributed by atoms with E-state index in [9.17, 15) is 9.59 Å². The molecule has 0 bridgehead atoms. The van der Waals surface area contributed by atoms with Gasteiger partial charge in [0.15, 0.2) is 16.6 Å². The zero-order chi connectivity index (χ0) is 22.0. The van der Waals surface area contributed by atoms with Crippen LogP contribution in [0.25, 0.3) is 6.08 Å². The Hall–Kier alpha value is -2.71. The summed E-state index contributed by atoms with van der Waals surface area (Å²) in [6.07, 6.45) is 1.51. The molecule has 1 aliphatic rings. The van der Waals surface area contributed by atoms with Gasteiger partial charge in [0, 0.05) is 4.47 Å². The molecule has 0 aliphatic carbocycles. The molecule has 6 nitrogen and oxygen atoms in total. The van der Waals surface area contributed by atoms with Crippen molar-refractivity contribution in [2.45, 2.75) is 20.8 Å². The number of ether oxygens (including phenoxy) is 2. The number of thiocarbonyl (C=S) groups is 1. The number of nitrogens with zero attached hydrogens (tertiary/aromatic N) is 1. The third-order valence-corrected chi connectivity index (χ3v) is 5.42. The van der Waals surface area contributed by atoms with Gasteiger partial charge < -0.3 is 9.47 Å². The van der Waals surface area contributed by atoms with E-state index in [1.165, 1.54) is 18.1 Å². The van der Waals surface area contributed by atoms with E-state index in [-0.39, 0.29) is 10.7 Å². The Morgan fingerprint density at radius 2 is 1.77 bits per heavy atom. The Kier molecular flexibility index (Phi) is 6.58. The van der Waals surface area contributed by atoms with Crippen LogP contribution in [0.4, 0.5) is 5.69 Å². The summed E-state index contributed by atoms with van der Waals surface area (Å²) in [5, 5.41) is 2.66. The fourth-order valence-corrected chi connectivity index (χ4v) is 3.93. The summed E-state index contributed by atoms with van der Waals surface area (Å²) >= 11 is 8.75. The highest BCUT2D eigenvalue weighted by molar-refractivity contribution is 9.10. The highest BCUT2D eigenvalue weighted by Crippen LogP contribution is 2.35. The summed E-state index contributed by atoms with van der Waals surface area (Å²) in [5.41, 5.74) is 3.15. The van der Waals surface area contributed by atoms with Crippen molar-refractivity contribution in [1.29, 1.82) is 0 Å². The molecule has 1 aliphatic heterocycles. The minimum Gasteiger partial charge on any atom is -0.493 e. The first-order chi connectivity index (χ1) is 14.2. The van der Waals surface area contributed by atoms with Crippen LogP contribution in [0.1, 0.15) is 23.6 Å². The quantitative estimate of drug-likeness (QED) is 0.385. The Bertz CT molecular complexity index is 1060. The van der Waals surface area contributed by atoms with Crippen LogP contribution in [-0.2, 0) is 9.59 Å². The van der Waals surface area contributed by atoms with Crippen LogP contribution < -0.4 is 19.7 Å². The molecule has 3 rings (SSSR count). The minimum atomic E-state index is -0.551. The van der Waals surface area contributed by atoms with E-state index in [2.05, 4.69) is 21.2 Å². The molecule has 30 heavy (non-hydrogen) atoms. The molecule has 0 spiro atoms. The van der Waals surface area contributed by atoms with Gasteiger partial charge in [-0.3, -0.25) is 19.8 Å². The molecule has 0 unspecified atom stereocenters. The summed E-state index contributed by atoms with van der Waals surface area (Å²) in [5.74, 6) is 0.0163. The van der Waals surface area contributed by atoms with E-state index in [1.54, 1.807) is 12.1 Å². The highest BCUT2D eigenvalue weighted by Gasteiger charge is 2.34. The number of hydrogen-bond donors (Lipinski definition) is 1. The molecule has 156 valence electrons. The largest absolute Gasteiger partial charge is 0.493 e. The minimum absolute atomic E-state index is 0.0327. The summed E-state index contributed by atoms with van der Waals surface area (Å²) in [7, 11) is 1.53. The van der Waals surface area contributed by atoms with Crippen molar-refractivity contribution in [2.75, 3.05) is 18.6 Å². The Morgan fingerprint density at radius 1 is 1.10 bits per heavy atom. The van der Waals surface area contributed by atoms with Gasteiger partial charge in [-0.05, 0) is 80.0 Å². The lowest BCUT2D eigenvalue weighted by Crippen LogP contribution is -2.54. The van der Waals surface area contributed by atoms with Crippen LogP contribution >= 0.6 is 28.1 Å². The van der Waals surface area contributed by atoms with Gasteiger partial charge in [-0.1, -0.05) is 22.0 Å². The second-order valence-electron chi connectivity index (χ2n) is 6.76. The van der Waals surface area contributed by atoms with E-state index in [0.29, 0.717) is 33.8 Å². The summed E-state index contributed by atoms with van der Waals surface area (Å²) < 4.78 is 11.6. The molecule has 0 saturated carbocycles. The SMILES string of the molecule is CCOc1cc(Br)c(/C=C2/C(=O)NC(=S)N(c3cc(C)cc(C)c3)C2=O)cc1OC. The Morgan fingerprint density at radius 3 is 2.37 bits per heavy atom. The van der Waals surface area contributed by atoms with Crippen LogP contribution in [0.3, 0.4) is 0 Å². The topological polar surface area (TPSA) is 67.9 Å². The monoisotopic (exact) mass is 488 g/mol. The lowest BCUT2D eigenvalue weighted by molar-refractivity contribution is -0.122. The molecule has 1 fully saturated rings. The second-order valence-corrected chi connectivity index (χ2v) is 8.00. The molecule has 1 saturated heterocycles. The number of benzene rings is 2. The molecular formula is C22H21BrN2O4S. The maximum Gasteiger partial charge on any atom is 0.270 e. The number of hydrogen-bond acceptors (Lipinski definition) is 5. The van der Waals surface area contributed by atoms with Crippen molar-refractivity contribution in [2.24, 2.45) is 0 Å². The lowest BCUT2D eigenvalue weighted by atomic mass is 10.1. The van der Waals surface area contributed by atoms with Crippen LogP contribution in [0, 0.1) is 13.8 Å². The molecule has 2 amide bonds. The van der Waals surface area contributed by atoms with Crippen LogP contribution in [0.2, 0.25) is 0 Å². The van der Waals surface area contributed by atoms with Gasteiger partial charge in [-0.2, -0.15) is 0 Å². The lowest BCUT2D eigenvalue weighted by Gasteiger charge is -2.29. The first kappa shape index (κ1) is 22.0. The maximum atomic E-state index is 13.2. The number of rotatable bonds is 5. The van der Waals surface area contributed by atoms with Crippen molar-refractivity contribution in [3.05, 3.63) is 57.1 Å².